The lowest BCUT2D eigenvalue weighted by atomic mass is 10.2. The van der Waals surface area contributed by atoms with Gasteiger partial charge in [-0.1, -0.05) is 23.1 Å². The molecule has 2 aromatic rings. The number of amides is 2. The van der Waals surface area contributed by atoms with Gasteiger partial charge in [0.25, 0.3) is 5.91 Å². The van der Waals surface area contributed by atoms with Crippen molar-refractivity contribution in [3.05, 3.63) is 35.6 Å². The Hall–Kier alpha value is -2.53. The Morgan fingerprint density at radius 2 is 1.96 bits per heavy atom. The van der Waals surface area contributed by atoms with Crippen LogP contribution in [0.1, 0.15) is 17.3 Å². The van der Waals surface area contributed by atoms with Crippen LogP contribution in [0.5, 0.6) is 0 Å². The molecule has 1 heterocycles. The van der Waals surface area contributed by atoms with E-state index in [4.69, 9.17) is 4.74 Å². The van der Waals surface area contributed by atoms with Crippen molar-refractivity contribution in [1.29, 1.82) is 0 Å². The van der Waals surface area contributed by atoms with E-state index in [1.807, 2.05) is 0 Å². The van der Waals surface area contributed by atoms with Gasteiger partial charge in [0.15, 0.2) is 4.34 Å². The van der Waals surface area contributed by atoms with Crippen LogP contribution in [0.25, 0.3) is 0 Å². The number of carbonyl (C=O) groups is 3. The summed E-state index contributed by atoms with van der Waals surface area (Å²) in [5.74, 6) is -1.69. The average molecular weight is 398 g/mol. The SMILES string of the molecule is CCOC(=O)CNC(=O)CSc1nnc(NC(=O)c2ccc(F)cc2)s1. The Balaban J connectivity index is 1.78. The lowest BCUT2D eigenvalue weighted by Crippen LogP contribution is -2.31. The van der Waals surface area contributed by atoms with Crippen LogP contribution in [-0.4, -0.2) is 46.9 Å². The number of hydrogen-bond acceptors (Lipinski definition) is 8. The normalized spacial score (nSPS) is 10.2. The fourth-order valence-corrected chi connectivity index (χ4v) is 3.23. The second-order valence-electron chi connectivity index (χ2n) is 4.70. The van der Waals surface area contributed by atoms with Crippen molar-refractivity contribution < 1.29 is 23.5 Å². The van der Waals surface area contributed by atoms with Crippen molar-refractivity contribution in [2.45, 2.75) is 11.3 Å². The highest BCUT2D eigenvalue weighted by Crippen LogP contribution is 2.25. The summed E-state index contributed by atoms with van der Waals surface area (Å²) in [7, 11) is 0. The molecule has 26 heavy (non-hydrogen) atoms. The molecule has 0 atom stereocenters. The Bertz CT molecular complexity index is 782. The van der Waals surface area contributed by atoms with E-state index in [0.717, 1.165) is 23.1 Å². The van der Waals surface area contributed by atoms with Crippen LogP contribution in [0.2, 0.25) is 0 Å². The van der Waals surface area contributed by atoms with Crippen LogP contribution in [0, 0.1) is 5.82 Å². The molecule has 11 heteroatoms. The zero-order valence-corrected chi connectivity index (χ0v) is 15.3. The van der Waals surface area contributed by atoms with Crippen LogP contribution >= 0.6 is 23.1 Å². The third-order valence-corrected chi connectivity index (χ3v) is 4.77. The molecule has 2 N–H and O–H groups in total. The second kappa shape index (κ2) is 9.82. The molecule has 8 nitrogen and oxygen atoms in total. The van der Waals surface area contributed by atoms with Gasteiger partial charge in [-0.3, -0.25) is 19.7 Å². The summed E-state index contributed by atoms with van der Waals surface area (Å²) in [6.45, 7) is 1.74. The van der Waals surface area contributed by atoms with Gasteiger partial charge in [0.2, 0.25) is 11.0 Å². The van der Waals surface area contributed by atoms with Crippen LogP contribution in [0.3, 0.4) is 0 Å². The molecular weight excluding hydrogens is 383 g/mol. The average Bonchev–Trinajstić information content (AvgIpc) is 3.06. The largest absolute Gasteiger partial charge is 0.465 e. The molecule has 0 spiro atoms. The van der Waals surface area contributed by atoms with Gasteiger partial charge < -0.3 is 10.1 Å². The first-order chi connectivity index (χ1) is 12.5. The van der Waals surface area contributed by atoms with E-state index < -0.39 is 17.7 Å². The number of nitrogens with zero attached hydrogens (tertiary/aromatic N) is 2. The first-order valence-electron chi connectivity index (χ1n) is 7.43. The van der Waals surface area contributed by atoms with E-state index in [0.29, 0.717) is 4.34 Å². The van der Waals surface area contributed by atoms with Gasteiger partial charge in [-0.25, -0.2) is 4.39 Å². The van der Waals surface area contributed by atoms with E-state index in [-0.39, 0.29) is 35.5 Å². The summed E-state index contributed by atoms with van der Waals surface area (Å²) in [6, 6.07) is 5.08. The van der Waals surface area contributed by atoms with Gasteiger partial charge in [-0.2, -0.15) is 0 Å². The van der Waals surface area contributed by atoms with E-state index >= 15 is 0 Å². The van der Waals surface area contributed by atoms with Crippen LogP contribution in [0.4, 0.5) is 9.52 Å². The molecule has 0 unspecified atom stereocenters. The highest BCUT2D eigenvalue weighted by Gasteiger charge is 2.12. The zero-order chi connectivity index (χ0) is 18.9. The lowest BCUT2D eigenvalue weighted by Gasteiger charge is -2.03. The van der Waals surface area contributed by atoms with Gasteiger partial charge in [0.1, 0.15) is 12.4 Å². The molecule has 0 bridgehead atoms. The minimum atomic E-state index is -0.507. The molecule has 0 aliphatic heterocycles. The number of thioether (sulfide) groups is 1. The number of rotatable bonds is 8. The monoisotopic (exact) mass is 398 g/mol. The van der Waals surface area contributed by atoms with Gasteiger partial charge in [0, 0.05) is 5.56 Å². The Kier molecular flexibility index (Phi) is 7.48. The molecule has 1 aromatic heterocycles. The van der Waals surface area contributed by atoms with Gasteiger partial charge >= 0.3 is 5.97 Å². The molecule has 0 aliphatic rings. The fourth-order valence-electron chi connectivity index (χ4n) is 1.65. The smallest absolute Gasteiger partial charge is 0.325 e. The topological polar surface area (TPSA) is 110 Å². The maximum Gasteiger partial charge on any atom is 0.325 e. The first-order valence-corrected chi connectivity index (χ1v) is 9.23. The van der Waals surface area contributed by atoms with Crippen LogP contribution in [0.15, 0.2) is 28.6 Å². The minimum absolute atomic E-state index is 0.0416. The standard InChI is InChI=1S/C15H15FN4O4S2/c1-2-24-12(22)7-17-11(21)8-25-15-20-19-14(26-15)18-13(23)9-3-5-10(16)6-4-9/h3-6H,2,7-8H2,1H3,(H,17,21)(H,18,19,23). The van der Waals surface area contributed by atoms with Gasteiger partial charge in [0.05, 0.1) is 12.4 Å². The molecule has 0 radical (unpaired) electrons. The summed E-state index contributed by atoms with van der Waals surface area (Å²) in [5.41, 5.74) is 0.286. The third kappa shape index (κ3) is 6.41. The molecule has 0 aliphatic carbocycles. The van der Waals surface area contributed by atoms with Crippen molar-refractivity contribution in [2.75, 3.05) is 24.2 Å². The quantitative estimate of drug-likeness (QED) is 0.396. The maximum absolute atomic E-state index is 12.9. The highest BCUT2D eigenvalue weighted by atomic mass is 32.2. The molecule has 138 valence electrons. The second-order valence-corrected chi connectivity index (χ2v) is 6.90. The van der Waals surface area contributed by atoms with Crippen molar-refractivity contribution >= 4 is 46.0 Å². The Morgan fingerprint density at radius 1 is 1.23 bits per heavy atom. The molecule has 2 amide bonds. The van der Waals surface area contributed by atoms with Crippen LogP contribution < -0.4 is 10.6 Å². The minimum Gasteiger partial charge on any atom is -0.465 e. The number of esters is 1. The molecule has 0 fully saturated rings. The van der Waals surface area contributed by atoms with Gasteiger partial charge in [-0.05, 0) is 31.2 Å². The molecule has 1 aromatic carbocycles. The zero-order valence-electron chi connectivity index (χ0n) is 13.7. The van der Waals surface area contributed by atoms with E-state index in [1.54, 1.807) is 6.92 Å². The summed E-state index contributed by atoms with van der Waals surface area (Å²) in [4.78, 5) is 34.8. The lowest BCUT2D eigenvalue weighted by molar-refractivity contribution is -0.143. The third-order valence-electron chi connectivity index (χ3n) is 2.80. The summed E-state index contributed by atoms with van der Waals surface area (Å²) in [6.07, 6.45) is 0. The number of hydrogen-bond donors (Lipinski definition) is 2. The number of benzene rings is 1. The van der Waals surface area contributed by atoms with Crippen molar-refractivity contribution in [3.63, 3.8) is 0 Å². The molecule has 0 saturated heterocycles. The van der Waals surface area contributed by atoms with E-state index in [1.165, 1.54) is 24.3 Å². The molecule has 2 rings (SSSR count). The van der Waals surface area contributed by atoms with E-state index in [9.17, 15) is 18.8 Å². The number of nitrogens with one attached hydrogen (secondary N) is 2. The number of halogens is 1. The maximum atomic E-state index is 12.9. The Labute approximate surface area is 156 Å². The van der Waals surface area contributed by atoms with Crippen molar-refractivity contribution in [1.82, 2.24) is 15.5 Å². The van der Waals surface area contributed by atoms with Crippen molar-refractivity contribution in [3.8, 4) is 0 Å². The Morgan fingerprint density at radius 3 is 2.65 bits per heavy atom. The van der Waals surface area contributed by atoms with Crippen molar-refractivity contribution in [2.24, 2.45) is 0 Å². The number of ether oxygens (including phenoxy) is 1. The molecular formula is C15H15FN4O4S2. The van der Waals surface area contributed by atoms with Gasteiger partial charge in [-0.15, -0.1) is 10.2 Å². The predicted molar refractivity (Wildman–Crippen MR) is 94.6 cm³/mol. The van der Waals surface area contributed by atoms with Crippen LogP contribution in [-0.2, 0) is 14.3 Å². The first kappa shape index (κ1) is 19.8. The fraction of sp³-hybridized carbons (Fsp3) is 0.267. The highest BCUT2D eigenvalue weighted by molar-refractivity contribution is 8.01. The number of anilines is 1. The molecule has 0 saturated carbocycles. The number of carbonyl (C=O) groups excluding carboxylic acids is 3. The summed E-state index contributed by atoms with van der Waals surface area (Å²) < 4.78 is 18.0. The summed E-state index contributed by atoms with van der Waals surface area (Å²) in [5, 5.41) is 12.9. The van der Waals surface area contributed by atoms with E-state index in [2.05, 4.69) is 20.8 Å². The predicted octanol–water partition coefficient (Wildman–Crippen LogP) is 1.70. The number of aromatic nitrogens is 2. The summed E-state index contributed by atoms with van der Waals surface area (Å²) >= 11 is 2.22.